The van der Waals surface area contributed by atoms with Crippen LogP contribution in [0.5, 0.6) is 11.5 Å². The van der Waals surface area contributed by atoms with E-state index in [1.165, 1.54) is 12.8 Å². The van der Waals surface area contributed by atoms with Crippen LogP contribution in [0, 0.1) is 6.92 Å². The van der Waals surface area contributed by atoms with Gasteiger partial charge in [-0.25, -0.2) is 4.79 Å². The average Bonchev–Trinajstić information content (AvgIpc) is 2.51. The lowest BCUT2D eigenvalue weighted by Crippen LogP contribution is -2.15. The summed E-state index contributed by atoms with van der Waals surface area (Å²) in [5.41, 5.74) is 1.94. The number of unbranched alkanes of at least 4 members (excludes halogenated alkanes) is 2. The van der Waals surface area contributed by atoms with Crippen LogP contribution in [-0.2, 0) is 6.42 Å². The van der Waals surface area contributed by atoms with Gasteiger partial charge >= 0.3 is 6.16 Å². The number of ether oxygens (including phenoxy) is 2. The molecule has 3 heteroatoms. The van der Waals surface area contributed by atoms with Crippen molar-refractivity contribution in [3.63, 3.8) is 0 Å². The molecule has 0 aliphatic heterocycles. The van der Waals surface area contributed by atoms with Crippen LogP contribution >= 0.6 is 0 Å². The van der Waals surface area contributed by atoms with Crippen molar-refractivity contribution >= 4 is 6.16 Å². The first kappa shape index (κ1) is 16.1. The van der Waals surface area contributed by atoms with Gasteiger partial charge in [0.25, 0.3) is 0 Å². The zero-order valence-electron chi connectivity index (χ0n) is 13.2. The topological polar surface area (TPSA) is 35.5 Å². The van der Waals surface area contributed by atoms with Crippen LogP contribution in [0.4, 0.5) is 4.79 Å². The molecule has 3 nitrogen and oxygen atoms in total. The van der Waals surface area contributed by atoms with E-state index in [-0.39, 0.29) is 0 Å². The minimum Gasteiger partial charge on any atom is -0.394 e. The Balaban J connectivity index is 2.01. The monoisotopic (exact) mass is 298 g/mol. The Kier molecular flexibility index (Phi) is 6.01. The standard InChI is InChI=1S/C19H22O3/c1-3-4-5-11-16-12-7-9-14-18(16)22-19(20)21-17-13-8-6-10-15(17)2/h6-10,12-14H,3-5,11H2,1-2H3. The third kappa shape index (κ3) is 4.62. The summed E-state index contributed by atoms with van der Waals surface area (Å²) in [4.78, 5) is 12.0. The van der Waals surface area contributed by atoms with Gasteiger partial charge in [-0.15, -0.1) is 0 Å². The van der Waals surface area contributed by atoms with Gasteiger partial charge in [-0.1, -0.05) is 56.2 Å². The number of para-hydroxylation sites is 2. The molecule has 0 N–H and O–H groups in total. The highest BCUT2D eigenvalue weighted by molar-refractivity contribution is 5.68. The van der Waals surface area contributed by atoms with Crippen molar-refractivity contribution in [1.29, 1.82) is 0 Å². The van der Waals surface area contributed by atoms with Gasteiger partial charge in [0.1, 0.15) is 11.5 Å². The van der Waals surface area contributed by atoms with Crippen LogP contribution in [-0.4, -0.2) is 6.16 Å². The van der Waals surface area contributed by atoms with E-state index in [1.807, 2.05) is 43.3 Å². The summed E-state index contributed by atoms with van der Waals surface area (Å²) >= 11 is 0. The lowest BCUT2D eigenvalue weighted by atomic mass is 10.1. The molecular weight excluding hydrogens is 276 g/mol. The van der Waals surface area contributed by atoms with Crippen molar-refractivity contribution in [1.82, 2.24) is 0 Å². The quantitative estimate of drug-likeness (QED) is 0.412. The van der Waals surface area contributed by atoms with Gasteiger partial charge in [-0.3, -0.25) is 0 Å². The lowest BCUT2D eigenvalue weighted by molar-refractivity contribution is 0.151. The predicted octanol–water partition coefficient (Wildman–Crippen LogP) is 5.31. The van der Waals surface area contributed by atoms with Crippen molar-refractivity contribution in [3.05, 3.63) is 59.7 Å². The minimum absolute atomic E-state index is 0.524. The third-order valence-corrected chi connectivity index (χ3v) is 3.50. The van der Waals surface area contributed by atoms with Crippen molar-refractivity contribution in [2.45, 2.75) is 39.5 Å². The molecule has 0 spiro atoms. The first-order chi connectivity index (χ1) is 10.7. The Morgan fingerprint density at radius 3 is 2.27 bits per heavy atom. The van der Waals surface area contributed by atoms with Crippen molar-refractivity contribution in [3.8, 4) is 11.5 Å². The van der Waals surface area contributed by atoms with E-state index in [9.17, 15) is 4.79 Å². The highest BCUT2D eigenvalue weighted by Crippen LogP contribution is 2.22. The smallest absolute Gasteiger partial charge is 0.394 e. The second kappa shape index (κ2) is 8.23. The van der Waals surface area contributed by atoms with E-state index in [4.69, 9.17) is 9.47 Å². The van der Waals surface area contributed by atoms with E-state index in [1.54, 1.807) is 12.1 Å². The second-order valence-electron chi connectivity index (χ2n) is 5.28. The molecular formula is C19H22O3. The van der Waals surface area contributed by atoms with Gasteiger partial charge in [0.05, 0.1) is 0 Å². The van der Waals surface area contributed by atoms with E-state index >= 15 is 0 Å². The molecule has 0 heterocycles. The molecule has 0 bridgehead atoms. The Hall–Kier alpha value is -2.29. The first-order valence-electron chi connectivity index (χ1n) is 7.74. The van der Waals surface area contributed by atoms with Crippen LogP contribution in [0.25, 0.3) is 0 Å². The summed E-state index contributed by atoms with van der Waals surface area (Å²) in [5, 5.41) is 0. The number of carbonyl (C=O) groups excluding carboxylic acids is 1. The molecule has 2 rings (SSSR count). The van der Waals surface area contributed by atoms with Crippen LogP contribution in [0.1, 0.15) is 37.3 Å². The fourth-order valence-electron chi connectivity index (χ4n) is 2.25. The zero-order valence-corrected chi connectivity index (χ0v) is 13.2. The zero-order chi connectivity index (χ0) is 15.8. The lowest BCUT2D eigenvalue weighted by Gasteiger charge is -2.11. The highest BCUT2D eigenvalue weighted by Gasteiger charge is 2.12. The SMILES string of the molecule is CCCCCc1ccccc1OC(=O)Oc1ccccc1C. The number of benzene rings is 2. The van der Waals surface area contributed by atoms with Gasteiger partial charge in [0, 0.05) is 0 Å². The Morgan fingerprint density at radius 2 is 1.55 bits per heavy atom. The maximum Gasteiger partial charge on any atom is 0.519 e. The van der Waals surface area contributed by atoms with Crippen LogP contribution in [0.15, 0.2) is 48.5 Å². The summed E-state index contributed by atoms with van der Waals surface area (Å²) in [6.45, 7) is 4.06. The molecule has 0 atom stereocenters. The molecule has 0 radical (unpaired) electrons. The van der Waals surface area contributed by atoms with Gasteiger partial charge in [0.15, 0.2) is 0 Å². The number of carbonyl (C=O) groups is 1. The van der Waals surface area contributed by atoms with Crippen LogP contribution < -0.4 is 9.47 Å². The molecule has 0 unspecified atom stereocenters. The summed E-state index contributed by atoms with van der Waals surface area (Å²) in [6, 6.07) is 15.0. The number of aryl methyl sites for hydroxylation is 2. The summed E-state index contributed by atoms with van der Waals surface area (Å²) in [7, 11) is 0. The summed E-state index contributed by atoms with van der Waals surface area (Å²) in [5.74, 6) is 1.10. The normalized spacial score (nSPS) is 10.3. The van der Waals surface area contributed by atoms with Crippen molar-refractivity contribution < 1.29 is 14.3 Å². The molecule has 0 aliphatic rings. The first-order valence-corrected chi connectivity index (χ1v) is 7.74. The van der Waals surface area contributed by atoms with E-state index in [2.05, 4.69) is 6.92 Å². The maximum atomic E-state index is 12.0. The molecule has 116 valence electrons. The molecule has 0 saturated heterocycles. The van der Waals surface area contributed by atoms with Crippen LogP contribution in [0.3, 0.4) is 0 Å². The number of hydrogen-bond donors (Lipinski definition) is 0. The molecule has 0 aliphatic carbocycles. The minimum atomic E-state index is -0.697. The third-order valence-electron chi connectivity index (χ3n) is 3.50. The summed E-state index contributed by atoms with van der Waals surface area (Å²) in [6.07, 6.45) is 3.63. The average molecular weight is 298 g/mol. The van der Waals surface area contributed by atoms with Gasteiger partial charge in [-0.05, 0) is 43.0 Å². The highest BCUT2D eigenvalue weighted by atomic mass is 16.7. The largest absolute Gasteiger partial charge is 0.519 e. The maximum absolute atomic E-state index is 12.0. The number of hydrogen-bond acceptors (Lipinski definition) is 3. The second-order valence-corrected chi connectivity index (χ2v) is 5.28. The Bertz CT molecular complexity index is 620. The fraction of sp³-hybridized carbons (Fsp3) is 0.316. The molecule has 0 aromatic heterocycles. The van der Waals surface area contributed by atoms with Gasteiger partial charge in [-0.2, -0.15) is 0 Å². The van der Waals surface area contributed by atoms with Crippen LogP contribution in [0.2, 0.25) is 0 Å². The molecule has 22 heavy (non-hydrogen) atoms. The fourth-order valence-corrected chi connectivity index (χ4v) is 2.25. The predicted molar refractivity (Wildman–Crippen MR) is 87.5 cm³/mol. The molecule has 0 amide bonds. The molecule has 0 saturated carbocycles. The molecule has 0 fully saturated rings. The Morgan fingerprint density at radius 1 is 0.909 bits per heavy atom. The van der Waals surface area contributed by atoms with Gasteiger partial charge in [0.2, 0.25) is 0 Å². The Labute approximate surface area is 131 Å². The summed E-state index contributed by atoms with van der Waals surface area (Å²) < 4.78 is 10.6. The van der Waals surface area contributed by atoms with E-state index in [0.717, 1.165) is 24.0 Å². The number of rotatable bonds is 6. The van der Waals surface area contributed by atoms with E-state index in [0.29, 0.717) is 11.5 Å². The van der Waals surface area contributed by atoms with Crippen molar-refractivity contribution in [2.75, 3.05) is 0 Å². The van der Waals surface area contributed by atoms with Crippen molar-refractivity contribution in [2.24, 2.45) is 0 Å². The van der Waals surface area contributed by atoms with E-state index < -0.39 is 6.16 Å². The molecule has 2 aromatic carbocycles. The molecule has 2 aromatic rings. The van der Waals surface area contributed by atoms with Gasteiger partial charge < -0.3 is 9.47 Å².